The molecule has 0 radical (unpaired) electrons. The lowest BCUT2D eigenvalue weighted by atomic mass is 9.83. The van der Waals surface area contributed by atoms with Gasteiger partial charge in [0.1, 0.15) is 0 Å². The molecule has 0 aliphatic carbocycles. The number of ether oxygens (including phenoxy) is 1. The zero-order chi connectivity index (χ0) is 13.3. The Morgan fingerprint density at radius 1 is 1.05 bits per heavy atom. The lowest BCUT2D eigenvalue weighted by Crippen LogP contribution is -2.27. The third kappa shape index (κ3) is 1.83. The molecule has 1 aromatic heterocycles. The molecule has 2 aromatic rings. The van der Waals surface area contributed by atoms with Gasteiger partial charge in [-0.05, 0) is 12.1 Å². The summed E-state index contributed by atoms with van der Waals surface area (Å²) < 4.78 is 5.67. The van der Waals surface area contributed by atoms with Gasteiger partial charge in [-0.3, -0.25) is 4.98 Å². The van der Waals surface area contributed by atoms with Crippen LogP contribution < -0.4 is 0 Å². The van der Waals surface area contributed by atoms with Crippen molar-refractivity contribution in [2.45, 2.75) is 12.0 Å². The molecule has 1 unspecified atom stereocenters. The van der Waals surface area contributed by atoms with Gasteiger partial charge in [0.25, 0.3) is 0 Å². The highest BCUT2D eigenvalue weighted by atomic mass is 16.6. The van der Waals surface area contributed by atoms with Crippen molar-refractivity contribution in [3.8, 4) is 0 Å². The van der Waals surface area contributed by atoms with E-state index in [0.717, 1.165) is 11.1 Å². The van der Waals surface area contributed by atoms with Gasteiger partial charge in [0.15, 0.2) is 5.60 Å². The summed E-state index contributed by atoms with van der Waals surface area (Å²) in [6.07, 6.45) is 3.88. The molecule has 1 aliphatic heterocycles. The molecule has 0 saturated carbocycles. The summed E-state index contributed by atoms with van der Waals surface area (Å²) in [5, 5.41) is 0. The van der Waals surface area contributed by atoms with E-state index in [1.54, 1.807) is 12.4 Å². The van der Waals surface area contributed by atoms with Gasteiger partial charge in [-0.25, -0.2) is 4.79 Å². The number of carbonyl (C=O) groups is 1. The molecule has 1 fully saturated rings. The van der Waals surface area contributed by atoms with E-state index in [1.807, 2.05) is 42.5 Å². The van der Waals surface area contributed by atoms with E-state index < -0.39 is 5.60 Å². The van der Waals surface area contributed by atoms with E-state index >= 15 is 0 Å². The molecule has 0 amide bonds. The van der Waals surface area contributed by atoms with Crippen LogP contribution in [0.3, 0.4) is 0 Å². The summed E-state index contributed by atoms with van der Waals surface area (Å²) in [6, 6.07) is 13.5. The van der Waals surface area contributed by atoms with Crippen molar-refractivity contribution >= 4 is 5.97 Å². The lowest BCUT2D eigenvalue weighted by Gasteiger charge is -2.28. The molecule has 19 heavy (non-hydrogen) atoms. The van der Waals surface area contributed by atoms with Crippen molar-refractivity contribution in [1.29, 1.82) is 0 Å². The Labute approximate surface area is 111 Å². The van der Waals surface area contributed by atoms with Gasteiger partial charge in [-0.2, -0.15) is 0 Å². The van der Waals surface area contributed by atoms with Crippen LogP contribution in [0.4, 0.5) is 0 Å². The Kier molecular flexibility index (Phi) is 2.67. The van der Waals surface area contributed by atoms with Crippen LogP contribution in [0.5, 0.6) is 0 Å². The first-order chi connectivity index (χ1) is 9.22. The third-order valence-corrected chi connectivity index (χ3v) is 3.40. The van der Waals surface area contributed by atoms with Crippen molar-refractivity contribution in [2.24, 2.45) is 0 Å². The molecule has 1 atom stereocenters. The summed E-state index contributed by atoms with van der Waals surface area (Å²) in [6.45, 7) is 3.79. The van der Waals surface area contributed by atoms with Gasteiger partial charge in [-0.1, -0.05) is 36.9 Å². The molecule has 94 valence electrons. The van der Waals surface area contributed by atoms with Crippen LogP contribution in [-0.4, -0.2) is 11.0 Å². The average molecular weight is 251 g/mol. The molecule has 1 saturated heterocycles. The molecule has 3 rings (SSSR count). The third-order valence-electron chi connectivity index (χ3n) is 3.40. The smallest absolute Gasteiger partial charge is 0.334 e. The van der Waals surface area contributed by atoms with E-state index in [4.69, 9.17) is 4.74 Å². The number of nitrogens with zero attached hydrogens (tertiary/aromatic N) is 1. The summed E-state index contributed by atoms with van der Waals surface area (Å²) in [7, 11) is 0. The van der Waals surface area contributed by atoms with E-state index in [2.05, 4.69) is 11.6 Å². The normalized spacial score (nSPS) is 22.3. The van der Waals surface area contributed by atoms with Gasteiger partial charge >= 0.3 is 5.97 Å². The van der Waals surface area contributed by atoms with Gasteiger partial charge in [-0.15, -0.1) is 0 Å². The minimum Gasteiger partial charge on any atom is -0.446 e. The van der Waals surface area contributed by atoms with Crippen molar-refractivity contribution in [3.63, 3.8) is 0 Å². The number of aromatic nitrogens is 1. The van der Waals surface area contributed by atoms with E-state index in [0.29, 0.717) is 12.0 Å². The second-order valence-electron chi connectivity index (χ2n) is 4.60. The van der Waals surface area contributed by atoms with Gasteiger partial charge in [0.05, 0.1) is 0 Å². The van der Waals surface area contributed by atoms with Crippen LogP contribution in [0.25, 0.3) is 0 Å². The van der Waals surface area contributed by atoms with E-state index in [-0.39, 0.29) is 5.97 Å². The lowest BCUT2D eigenvalue weighted by molar-refractivity contribution is -0.144. The maximum absolute atomic E-state index is 11.8. The Morgan fingerprint density at radius 2 is 1.68 bits per heavy atom. The van der Waals surface area contributed by atoms with E-state index in [1.165, 1.54) is 0 Å². The van der Waals surface area contributed by atoms with Crippen LogP contribution in [0, 0.1) is 0 Å². The van der Waals surface area contributed by atoms with Gasteiger partial charge in [0.2, 0.25) is 0 Å². The maximum Gasteiger partial charge on any atom is 0.334 e. The Bertz CT molecular complexity index is 562. The highest BCUT2D eigenvalue weighted by molar-refractivity contribution is 5.91. The number of cyclic esters (lactones) is 1. The molecule has 1 aromatic carbocycles. The van der Waals surface area contributed by atoms with Crippen molar-refractivity contribution < 1.29 is 9.53 Å². The fraction of sp³-hybridized carbons (Fsp3) is 0.125. The van der Waals surface area contributed by atoms with Crippen molar-refractivity contribution in [1.82, 2.24) is 4.98 Å². The van der Waals surface area contributed by atoms with Crippen LogP contribution in [-0.2, 0) is 15.1 Å². The largest absolute Gasteiger partial charge is 0.446 e. The SMILES string of the molecule is C=C1CC(c2ccccc2)(c2ccncc2)OC1=O. The maximum atomic E-state index is 11.8. The highest BCUT2D eigenvalue weighted by Crippen LogP contribution is 2.44. The predicted molar refractivity (Wildman–Crippen MR) is 71.3 cm³/mol. The second-order valence-corrected chi connectivity index (χ2v) is 4.60. The molecule has 0 bridgehead atoms. The topological polar surface area (TPSA) is 39.2 Å². The zero-order valence-electron chi connectivity index (χ0n) is 10.4. The quantitative estimate of drug-likeness (QED) is 0.608. The predicted octanol–water partition coefficient (Wildman–Crippen LogP) is 2.83. The van der Waals surface area contributed by atoms with Gasteiger partial charge in [0, 0.05) is 35.5 Å². The molecule has 3 heteroatoms. The Balaban J connectivity index is 2.18. The standard InChI is InChI=1S/C16H13NO2/c1-12-11-16(19-15(12)18,13-5-3-2-4-6-13)14-7-9-17-10-8-14/h2-10H,1,11H2. The number of pyridine rings is 1. The number of esters is 1. The molecule has 1 aliphatic rings. The minimum atomic E-state index is -0.766. The molecule has 2 heterocycles. The summed E-state index contributed by atoms with van der Waals surface area (Å²) in [5.41, 5.74) is 1.60. The van der Waals surface area contributed by atoms with Crippen molar-refractivity contribution in [2.75, 3.05) is 0 Å². The summed E-state index contributed by atoms with van der Waals surface area (Å²) in [5.74, 6) is -0.333. The molecule has 0 spiro atoms. The fourth-order valence-corrected chi connectivity index (χ4v) is 2.46. The van der Waals surface area contributed by atoms with Crippen LogP contribution in [0.15, 0.2) is 67.0 Å². The first kappa shape index (κ1) is 11.7. The highest BCUT2D eigenvalue weighted by Gasteiger charge is 2.45. The van der Waals surface area contributed by atoms with Crippen LogP contribution in [0.1, 0.15) is 17.5 Å². The summed E-state index contributed by atoms with van der Waals surface area (Å²) in [4.78, 5) is 15.8. The number of carbonyl (C=O) groups excluding carboxylic acids is 1. The Morgan fingerprint density at radius 3 is 2.26 bits per heavy atom. The number of benzene rings is 1. The molecular weight excluding hydrogens is 238 g/mol. The molecule has 3 nitrogen and oxygen atoms in total. The van der Waals surface area contributed by atoms with Crippen LogP contribution in [0.2, 0.25) is 0 Å². The zero-order valence-corrected chi connectivity index (χ0v) is 10.4. The first-order valence-corrected chi connectivity index (χ1v) is 6.09. The van der Waals surface area contributed by atoms with Gasteiger partial charge < -0.3 is 4.74 Å². The Hall–Kier alpha value is -2.42. The van der Waals surface area contributed by atoms with Crippen LogP contribution >= 0.6 is 0 Å². The second kappa shape index (κ2) is 4.35. The minimum absolute atomic E-state index is 0.333. The number of rotatable bonds is 2. The summed E-state index contributed by atoms with van der Waals surface area (Å²) >= 11 is 0. The monoisotopic (exact) mass is 251 g/mol. The number of hydrogen-bond acceptors (Lipinski definition) is 3. The average Bonchev–Trinajstić information content (AvgIpc) is 2.78. The first-order valence-electron chi connectivity index (χ1n) is 6.09. The number of hydrogen-bond donors (Lipinski definition) is 0. The fourth-order valence-electron chi connectivity index (χ4n) is 2.46. The van der Waals surface area contributed by atoms with E-state index in [9.17, 15) is 4.79 Å². The molecular formula is C16H13NO2. The molecule has 0 N–H and O–H groups in total. The van der Waals surface area contributed by atoms with Crippen molar-refractivity contribution in [3.05, 3.63) is 78.1 Å².